The van der Waals surface area contributed by atoms with Crippen LogP contribution in [0.2, 0.25) is 0 Å². The lowest BCUT2D eigenvalue weighted by molar-refractivity contribution is -0.384. The minimum atomic E-state index is -0.536. The van der Waals surface area contributed by atoms with Crippen LogP contribution in [0.3, 0.4) is 0 Å². The van der Waals surface area contributed by atoms with Crippen molar-refractivity contribution in [3.63, 3.8) is 0 Å². The van der Waals surface area contributed by atoms with Crippen molar-refractivity contribution in [1.29, 1.82) is 0 Å². The van der Waals surface area contributed by atoms with Gasteiger partial charge in [-0.3, -0.25) is 10.1 Å². The van der Waals surface area contributed by atoms with Crippen molar-refractivity contribution in [2.45, 2.75) is 0 Å². The molecule has 1 aromatic rings. The normalized spacial score (nSPS) is 10.6. The Bertz CT molecular complexity index is 408. The second-order valence-corrected chi connectivity index (χ2v) is 4.06. The van der Waals surface area contributed by atoms with E-state index in [9.17, 15) is 10.1 Å². The maximum atomic E-state index is 10.6. The molecule has 0 fully saturated rings. The molecule has 0 radical (unpaired) electrons. The van der Waals surface area contributed by atoms with Gasteiger partial charge in [0.15, 0.2) is 0 Å². The summed E-state index contributed by atoms with van der Waals surface area (Å²) in [5, 5.41) is 10.6. The predicted octanol–water partition coefficient (Wildman–Crippen LogP) is 0.570. The van der Waals surface area contributed by atoms with Crippen LogP contribution >= 0.6 is 0 Å². The number of nitrogens with two attached hydrogens (primary N) is 1. The third-order valence-corrected chi connectivity index (χ3v) is 2.36. The molecule has 1 heterocycles. The third-order valence-electron chi connectivity index (χ3n) is 2.36. The molecule has 0 aliphatic carbocycles. The predicted molar refractivity (Wildman–Crippen MR) is 67.1 cm³/mol. The van der Waals surface area contributed by atoms with Gasteiger partial charge in [0.2, 0.25) is 5.82 Å². The molecule has 94 valence electrons. The zero-order chi connectivity index (χ0) is 13.0. The summed E-state index contributed by atoms with van der Waals surface area (Å²) in [4.78, 5) is 18.0. The summed E-state index contributed by atoms with van der Waals surface area (Å²) in [6.07, 6.45) is 0. The summed E-state index contributed by atoms with van der Waals surface area (Å²) in [6.45, 7) is 1.65. The van der Waals surface area contributed by atoms with Gasteiger partial charge in [0.1, 0.15) is 5.82 Å². The molecule has 0 saturated heterocycles. The van der Waals surface area contributed by atoms with Crippen molar-refractivity contribution in [2.75, 3.05) is 44.9 Å². The first-order chi connectivity index (χ1) is 7.91. The standard InChI is InChI=1S/C10H17N5O2/c1-13(2)6-7-14(3)9-5-4-8(15(16)17)10(11)12-9/h4-5H,6-7H2,1-3H3,(H2,11,12). The smallest absolute Gasteiger partial charge is 0.311 e. The van der Waals surface area contributed by atoms with Crippen LogP contribution in [0.1, 0.15) is 0 Å². The van der Waals surface area contributed by atoms with Gasteiger partial charge >= 0.3 is 5.69 Å². The van der Waals surface area contributed by atoms with Gasteiger partial charge in [0.25, 0.3) is 0 Å². The highest BCUT2D eigenvalue weighted by atomic mass is 16.6. The van der Waals surface area contributed by atoms with Crippen molar-refractivity contribution in [2.24, 2.45) is 0 Å². The number of nitro groups is 1. The number of rotatable bonds is 5. The summed E-state index contributed by atoms with van der Waals surface area (Å²) in [5.41, 5.74) is 5.37. The maximum Gasteiger partial charge on any atom is 0.311 e. The lowest BCUT2D eigenvalue weighted by atomic mass is 10.3. The van der Waals surface area contributed by atoms with Gasteiger partial charge in [-0.15, -0.1) is 0 Å². The maximum absolute atomic E-state index is 10.6. The Labute approximate surface area is 100.0 Å². The van der Waals surface area contributed by atoms with Crippen LogP contribution in [0.4, 0.5) is 17.3 Å². The summed E-state index contributed by atoms with van der Waals surface area (Å²) < 4.78 is 0. The topological polar surface area (TPSA) is 88.5 Å². The van der Waals surface area contributed by atoms with Gasteiger partial charge in [-0.05, 0) is 20.2 Å². The fraction of sp³-hybridized carbons (Fsp3) is 0.500. The SMILES string of the molecule is CN(C)CCN(C)c1ccc([N+](=O)[O-])c(N)n1. The van der Waals surface area contributed by atoms with Crippen molar-refractivity contribution in [1.82, 2.24) is 9.88 Å². The third kappa shape index (κ3) is 3.56. The van der Waals surface area contributed by atoms with Crippen molar-refractivity contribution in [3.8, 4) is 0 Å². The molecular weight excluding hydrogens is 222 g/mol. The Hall–Kier alpha value is -1.89. The fourth-order valence-electron chi connectivity index (χ4n) is 1.29. The van der Waals surface area contributed by atoms with Crippen molar-refractivity contribution < 1.29 is 4.92 Å². The van der Waals surface area contributed by atoms with Crippen molar-refractivity contribution in [3.05, 3.63) is 22.2 Å². The molecule has 2 N–H and O–H groups in total. The zero-order valence-electron chi connectivity index (χ0n) is 10.3. The molecule has 0 atom stereocenters. The van der Waals surface area contributed by atoms with Crippen LogP contribution in [-0.4, -0.2) is 49.0 Å². The lowest BCUT2D eigenvalue weighted by Gasteiger charge is -2.20. The molecule has 0 aromatic carbocycles. The van der Waals surface area contributed by atoms with E-state index in [0.29, 0.717) is 5.82 Å². The molecule has 7 heteroatoms. The van der Waals surface area contributed by atoms with Gasteiger partial charge in [-0.25, -0.2) is 4.98 Å². The summed E-state index contributed by atoms with van der Waals surface area (Å²) in [7, 11) is 5.83. The fourth-order valence-corrected chi connectivity index (χ4v) is 1.29. The first kappa shape index (κ1) is 13.2. The Morgan fingerprint density at radius 2 is 2.00 bits per heavy atom. The molecule has 0 bridgehead atoms. The minimum absolute atomic E-state index is 0.0517. The van der Waals surface area contributed by atoms with Gasteiger partial charge in [-0.2, -0.15) is 0 Å². The highest BCUT2D eigenvalue weighted by molar-refractivity contribution is 5.57. The second kappa shape index (κ2) is 5.44. The molecule has 0 amide bonds. The van der Waals surface area contributed by atoms with Crippen LogP contribution in [0.5, 0.6) is 0 Å². The number of likely N-dealkylation sites (N-methyl/N-ethyl adjacent to an activating group) is 2. The molecule has 0 saturated carbocycles. The van der Waals surface area contributed by atoms with E-state index in [-0.39, 0.29) is 11.5 Å². The van der Waals surface area contributed by atoms with E-state index in [0.717, 1.165) is 13.1 Å². The molecular formula is C10H17N5O2. The lowest BCUT2D eigenvalue weighted by Crippen LogP contribution is -2.29. The number of pyridine rings is 1. The van der Waals surface area contributed by atoms with E-state index in [2.05, 4.69) is 4.98 Å². The number of anilines is 2. The number of nitrogen functional groups attached to an aromatic ring is 1. The number of hydrogen-bond acceptors (Lipinski definition) is 6. The van der Waals surface area contributed by atoms with Gasteiger partial charge in [0.05, 0.1) is 4.92 Å². The average Bonchev–Trinajstić information content (AvgIpc) is 2.25. The van der Waals surface area contributed by atoms with Crippen LogP contribution in [-0.2, 0) is 0 Å². The van der Waals surface area contributed by atoms with E-state index in [4.69, 9.17) is 5.73 Å². The van der Waals surface area contributed by atoms with Crippen LogP contribution in [0, 0.1) is 10.1 Å². The quantitative estimate of drug-likeness (QED) is 0.597. The van der Waals surface area contributed by atoms with Gasteiger partial charge < -0.3 is 15.5 Å². The average molecular weight is 239 g/mol. The number of hydrogen-bond donors (Lipinski definition) is 1. The highest BCUT2D eigenvalue weighted by Gasteiger charge is 2.14. The first-order valence-electron chi connectivity index (χ1n) is 5.18. The van der Waals surface area contributed by atoms with Crippen molar-refractivity contribution >= 4 is 17.3 Å². The van der Waals surface area contributed by atoms with Gasteiger partial charge in [0, 0.05) is 26.2 Å². The summed E-state index contributed by atoms with van der Waals surface area (Å²) in [5.74, 6) is 0.583. The Morgan fingerprint density at radius 1 is 1.35 bits per heavy atom. The van der Waals surface area contributed by atoms with E-state index >= 15 is 0 Å². The van der Waals surface area contributed by atoms with Crippen LogP contribution < -0.4 is 10.6 Å². The van der Waals surface area contributed by atoms with E-state index in [1.807, 2.05) is 30.9 Å². The molecule has 17 heavy (non-hydrogen) atoms. The molecule has 0 aliphatic rings. The second-order valence-electron chi connectivity index (χ2n) is 4.06. The number of aromatic nitrogens is 1. The Kier molecular flexibility index (Phi) is 4.22. The van der Waals surface area contributed by atoms with E-state index in [1.54, 1.807) is 6.07 Å². The van der Waals surface area contributed by atoms with E-state index < -0.39 is 4.92 Å². The molecule has 0 unspecified atom stereocenters. The van der Waals surface area contributed by atoms with Crippen LogP contribution in [0.25, 0.3) is 0 Å². The van der Waals surface area contributed by atoms with Crippen LogP contribution in [0.15, 0.2) is 12.1 Å². The largest absolute Gasteiger partial charge is 0.378 e. The molecule has 0 aliphatic heterocycles. The van der Waals surface area contributed by atoms with Gasteiger partial charge in [-0.1, -0.05) is 0 Å². The molecule has 7 nitrogen and oxygen atoms in total. The summed E-state index contributed by atoms with van der Waals surface area (Å²) in [6, 6.07) is 2.98. The first-order valence-corrected chi connectivity index (χ1v) is 5.18. The molecule has 0 spiro atoms. The minimum Gasteiger partial charge on any atom is -0.378 e. The summed E-state index contributed by atoms with van der Waals surface area (Å²) >= 11 is 0. The molecule has 1 aromatic heterocycles. The Morgan fingerprint density at radius 3 is 2.47 bits per heavy atom. The highest BCUT2D eigenvalue weighted by Crippen LogP contribution is 2.22. The monoisotopic (exact) mass is 239 g/mol. The molecule has 1 rings (SSSR count). The van der Waals surface area contributed by atoms with E-state index in [1.165, 1.54) is 6.07 Å². The zero-order valence-corrected chi connectivity index (χ0v) is 10.3. The number of nitrogens with zero attached hydrogens (tertiary/aromatic N) is 4. The Balaban J connectivity index is 2.79.